The first-order chi connectivity index (χ1) is 3.43. The molecule has 0 aliphatic heterocycles. The van der Waals surface area contributed by atoms with E-state index < -0.39 is 0 Å². The third-order valence-corrected chi connectivity index (χ3v) is 2.06. The molecule has 0 aliphatic carbocycles. The molecular weight excluding hydrogens is 225 g/mol. The topological polar surface area (TPSA) is 41.6 Å². The molecule has 0 radical (unpaired) electrons. The second kappa shape index (κ2) is 2.51. The second-order valence-electron chi connectivity index (χ2n) is 0.868. The van der Waals surface area contributed by atoms with Gasteiger partial charge < -0.3 is 0 Å². The van der Waals surface area contributed by atoms with Crippen LogP contribution in [0.25, 0.3) is 0 Å². The fourth-order valence-electron chi connectivity index (χ4n) is 0.231. The molecule has 0 atom stereocenters. The van der Waals surface area contributed by atoms with E-state index in [0.717, 1.165) is 5.16 Å². The standard InChI is InChI=1S/C2H2IN3S/c3-7-2-4-1-5-6-2/h1H,(H,4,5,6). The molecule has 7 heavy (non-hydrogen) atoms. The van der Waals surface area contributed by atoms with Crippen LogP contribution in [0.3, 0.4) is 0 Å². The van der Waals surface area contributed by atoms with Gasteiger partial charge in [0.15, 0.2) is 5.16 Å². The number of hydrogen-bond donors (Lipinski definition) is 1. The van der Waals surface area contributed by atoms with Crippen LogP contribution in [0.15, 0.2) is 11.5 Å². The summed E-state index contributed by atoms with van der Waals surface area (Å²) in [6.45, 7) is 0. The molecule has 0 amide bonds. The summed E-state index contributed by atoms with van der Waals surface area (Å²) in [4.78, 5) is 3.82. The molecule has 0 spiro atoms. The number of hydrogen-bond acceptors (Lipinski definition) is 3. The minimum Gasteiger partial charge on any atom is -0.254 e. The van der Waals surface area contributed by atoms with Crippen LogP contribution in [-0.2, 0) is 0 Å². The lowest BCUT2D eigenvalue weighted by atomic mass is 11.3. The van der Waals surface area contributed by atoms with E-state index in [1.54, 1.807) is 0 Å². The number of rotatable bonds is 1. The molecular formula is C2H2IN3S. The van der Waals surface area contributed by atoms with Gasteiger partial charge in [-0.25, -0.2) is 4.98 Å². The first-order valence-electron chi connectivity index (χ1n) is 1.57. The zero-order valence-corrected chi connectivity index (χ0v) is 6.23. The van der Waals surface area contributed by atoms with Crippen LogP contribution in [0.1, 0.15) is 0 Å². The van der Waals surface area contributed by atoms with Crippen LogP contribution < -0.4 is 0 Å². The van der Waals surface area contributed by atoms with Gasteiger partial charge in [0.2, 0.25) is 0 Å². The van der Waals surface area contributed by atoms with Gasteiger partial charge in [-0.15, -0.1) is 0 Å². The lowest BCUT2D eigenvalue weighted by Gasteiger charge is -1.74. The van der Waals surface area contributed by atoms with Crippen LogP contribution in [0.2, 0.25) is 0 Å². The van der Waals surface area contributed by atoms with Gasteiger partial charge >= 0.3 is 0 Å². The summed E-state index contributed by atoms with van der Waals surface area (Å²) in [5.74, 6) is 0. The Morgan fingerprint density at radius 3 is 3.00 bits per heavy atom. The highest BCUT2D eigenvalue weighted by molar-refractivity contribution is 14.2. The summed E-state index contributed by atoms with van der Waals surface area (Å²) in [6.07, 6.45) is 1.49. The van der Waals surface area contributed by atoms with Crippen molar-refractivity contribution in [2.45, 2.75) is 5.16 Å². The van der Waals surface area contributed by atoms with Crippen molar-refractivity contribution in [3.8, 4) is 0 Å². The van der Waals surface area contributed by atoms with Gasteiger partial charge in [-0.3, -0.25) is 5.10 Å². The number of aromatic nitrogens is 3. The largest absolute Gasteiger partial charge is 0.254 e. The number of nitrogens with zero attached hydrogens (tertiary/aromatic N) is 2. The summed E-state index contributed by atoms with van der Waals surface area (Å²) in [6, 6.07) is 0. The van der Waals surface area contributed by atoms with E-state index >= 15 is 0 Å². The van der Waals surface area contributed by atoms with Crippen molar-refractivity contribution in [2.75, 3.05) is 0 Å². The zero-order valence-electron chi connectivity index (χ0n) is 3.26. The molecule has 38 valence electrons. The van der Waals surface area contributed by atoms with Crippen LogP contribution in [0, 0.1) is 0 Å². The van der Waals surface area contributed by atoms with E-state index in [2.05, 4.69) is 36.4 Å². The van der Waals surface area contributed by atoms with Crippen molar-refractivity contribution >= 4 is 30.1 Å². The van der Waals surface area contributed by atoms with Crippen molar-refractivity contribution in [3.05, 3.63) is 6.33 Å². The summed E-state index contributed by atoms with van der Waals surface area (Å²) >= 11 is 2.13. The number of H-pyrrole nitrogens is 1. The molecule has 1 N–H and O–H groups in total. The highest BCUT2D eigenvalue weighted by Crippen LogP contribution is 2.18. The van der Waals surface area contributed by atoms with Crippen molar-refractivity contribution in [3.63, 3.8) is 0 Å². The first-order valence-corrected chi connectivity index (χ1v) is 4.93. The van der Waals surface area contributed by atoms with Gasteiger partial charge in [-0.05, 0) is 8.93 Å². The average Bonchev–Trinajstić information content (AvgIpc) is 2.14. The predicted molar refractivity (Wildman–Crippen MR) is 36.3 cm³/mol. The molecule has 0 bridgehead atoms. The normalized spacial score (nSPS) is 9.29. The molecule has 1 heterocycles. The summed E-state index contributed by atoms with van der Waals surface area (Å²) in [5.41, 5.74) is 0. The van der Waals surface area contributed by atoms with E-state index in [1.807, 2.05) is 0 Å². The zero-order chi connectivity index (χ0) is 5.11. The molecule has 0 saturated carbocycles. The fourth-order valence-corrected chi connectivity index (χ4v) is 1.04. The van der Waals surface area contributed by atoms with Gasteiger partial charge in [0.25, 0.3) is 0 Å². The summed E-state index contributed by atoms with van der Waals surface area (Å²) in [5, 5.41) is 7.16. The average molecular weight is 227 g/mol. The second-order valence-corrected chi connectivity index (χ2v) is 2.73. The molecule has 3 nitrogen and oxygen atoms in total. The monoisotopic (exact) mass is 227 g/mol. The fraction of sp³-hybridized carbons (Fsp3) is 0. The number of nitrogens with one attached hydrogen (secondary N) is 1. The minimum atomic E-state index is 0.848. The smallest absolute Gasteiger partial charge is 0.193 e. The molecule has 0 aliphatic rings. The van der Waals surface area contributed by atoms with E-state index in [-0.39, 0.29) is 0 Å². The van der Waals surface area contributed by atoms with Gasteiger partial charge in [0, 0.05) is 21.2 Å². The number of halogens is 1. The summed E-state index contributed by atoms with van der Waals surface area (Å²) < 4.78 is 0. The summed E-state index contributed by atoms with van der Waals surface area (Å²) in [7, 11) is 1.52. The predicted octanol–water partition coefficient (Wildman–Crippen LogP) is 1.25. The Labute approximate surface area is 56.9 Å². The maximum absolute atomic E-state index is 3.82. The van der Waals surface area contributed by atoms with Crippen LogP contribution in [0.4, 0.5) is 0 Å². The van der Waals surface area contributed by atoms with Gasteiger partial charge in [0.1, 0.15) is 6.33 Å². The molecule has 1 aromatic heterocycles. The van der Waals surface area contributed by atoms with Crippen molar-refractivity contribution < 1.29 is 0 Å². The Morgan fingerprint density at radius 1 is 1.86 bits per heavy atom. The van der Waals surface area contributed by atoms with Gasteiger partial charge in [0.05, 0.1) is 0 Å². The Bertz CT molecular complexity index is 127. The minimum absolute atomic E-state index is 0.848. The quantitative estimate of drug-likeness (QED) is 0.734. The van der Waals surface area contributed by atoms with Gasteiger partial charge in [-0.2, -0.15) is 5.10 Å². The third kappa shape index (κ3) is 1.30. The van der Waals surface area contributed by atoms with Crippen LogP contribution in [-0.4, -0.2) is 15.2 Å². The van der Waals surface area contributed by atoms with Gasteiger partial charge in [-0.1, -0.05) is 0 Å². The lowest BCUT2D eigenvalue weighted by molar-refractivity contribution is 0.979. The van der Waals surface area contributed by atoms with E-state index in [1.165, 1.54) is 15.3 Å². The van der Waals surface area contributed by atoms with Crippen LogP contribution in [0.5, 0.6) is 0 Å². The van der Waals surface area contributed by atoms with Crippen molar-refractivity contribution in [1.29, 1.82) is 0 Å². The Kier molecular flexibility index (Phi) is 1.92. The molecule has 0 unspecified atom stereocenters. The highest BCUT2D eigenvalue weighted by atomic mass is 127. The molecule has 5 heteroatoms. The molecule has 1 aromatic rings. The van der Waals surface area contributed by atoms with Crippen LogP contribution >= 0.6 is 30.1 Å². The van der Waals surface area contributed by atoms with E-state index in [0.29, 0.717) is 0 Å². The number of aromatic amines is 1. The first kappa shape index (κ1) is 5.36. The third-order valence-electron chi connectivity index (χ3n) is 0.466. The highest BCUT2D eigenvalue weighted by Gasteiger charge is 1.86. The maximum Gasteiger partial charge on any atom is 0.193 e. The molecule has 1 rings (SSSR count). The lowest BCUT2D eigenvalue weighted by Crippen LogP contribution is -1.65. The molecule has 0 fully saturated rings. The Hall–Kier alpha value is 0.220. The van der Waals surface area contributed by atoms with E-state index in [4.69, 9.17) is 0 Å². The molecule has 0 aromatic carbocycles. The Morgan fingerprint density at radius 2 is 2.71 bits per heavy atom. The van der Waals surface area contributed by atoms with Crippen molar-refractivity contribution in [1.82, 2.24) is 15.2 Å². The Balaban J connectivity index is 2.76. The van der Waals surface area contributed by atoms with Crippen molar-refractivity contribution in [2.24, 2.45) is 0 Å². The SMILES string of the molecule is ISc1ncn[nH]1. The maximum atomic E-state index is 3.82. The molecule has 0 saturated heterocycles. The van der Waals surface area contributed by atoms with E-state index in [9.17, 15) is 0 Å².